The van der Waals surface area contributed by atoms with E-state index in [0.29, 0.717) is 6.92 Å². The van der Waals surface area contributed by atoms with Crippen molar-refractivity contribution in [3.8, 4) is 0 Å². The van der Waals surface area contributed by atoms with Crippen LogP contribution in [0, 0.1) is 0 Å². The van der Waals surface area contributed by atoms with Crippen molar-refractivity contribution < 1.29 is 70.7 Å². The highest BCUT2D eigenvalue weighted by Crippen LogP contribution is 2.53. The molecular formula is C10H7F15N2O. The first kappa shape index (κ1) is 26.4. The topological polar surface area (TPSA) is 41.1 Å². The van der Waals surface area contributed by atoms with Gasteiger partial charge in [-0.05, 0) is 6.54 Å². The molecule has 168 valence electrons. The zero-order chi connectivity index (χ0) is 23.2. The fourth-order valence-corrected chi connectivity index (χ4v) is 1.92. The highest BCUT2D eigenvalue weighted by atomic mass is 19.4. The maximum atomic E-state index is 12.9. The average molecular weight is 456 g/mol. The minimum atomic E-state index is -7.62. The van der Waals surface area contributed by atoms with E-state index in [0.717, 1.165) is 0 Å². The van der Waals surface area contributed by atoms with E-state index < -0.39 is 59.7 Å². The van der Waals surface area contributed by atoms with Crippen molar-refractivity contribution in [2.24, 2.45) is 0 Å². The van der Waals surface area contributed by atoms with Gasteiger partial charge in [0.1, 0.15) is 0 Å². The summed E-state index contributed by atoms with van der Waals surface area (Å²) in [7, 11) is 0. The molecule has 0 spiro atoms. The Morgan fingerprint density at radius 1 is 0.607 bits per heavy atom. The SMILES string of the molecule is CCNC(C(=O)NC(C(F)(F)F)(C(F)(F)F)C(F)(F)F)(C(F)(F)F)C(F)(F)F. The predicted octanol–water partition coefficient (Wildman–Crippen LogP) is 4.00. The second-order valence-electron chi connectivity index (χ2n) is 4.97. The lowest BCUT2D eigenvalue weighted by molar-refractivity contribution is -0.389. The van der Waals surface area contributed by atoms with Gasteiger partial charge in [0.2, 0.25) is 0 Å². The second-order valence-corrected chi connectivity index (χ2v) is 4.97. The number of hydrogen-bond donors (Lipinski definition) is 2. The standard InChI is InChI=1S/C10H7F15N2O/c1-2-26-4(6(11,12)13,7(14,15)16)3(28)27-5(8(17,18)19,9(20,21)22)10(23,24)25/h26H,2H2,1H3,(H,27,28). The molecule has 18 heteroatoms. The number of rotatable bonds is 4. The summed E-state index contributed by atoms with van der Waals surface area (Å²) in [6.07, 6.45) is -36.8. The molecule has 28 heavy (non-hydrogen) atoms. The van der Waals surface area contributed by atoms with Crippen molar-refractivity contribution in [2.45, 2.75) is 48.9 Å². The van der Waals surface area contributed by atoms with E-state index in [-0.39, 0.29) is 5.32 Å². The van der Waals surface area contributed by atoms with Gasteiger partial charge in [-0.25, -0.2) is 0 Å². The highest BCUT2D eigenvalue weighted by molar-refractivity contribution is 5.89. The van der Waals surface area contributed by atoms with Crippen molar-refractivity contribution in [2.75, 3.05) is 6.54 Å². The van der Waals surface area contributed by atoms with Gasteiger partial charge in [-0.3, -0.25) is 10.1 Å². The number of halogens is 15. The summed E-state index contributed by atoms with van der Waals surface area (Å²) in [5, 5.41) is -0.839. The average Bonchev–Trinajstić information content (AvgIpc) is 2.34. The Bertz CT molecular complexity index is 514. The summed E-state index contributed by atoms with van der Waals surface area (Å²) < 4.78 is 191. The van der Waals surface area contributed by atoms with E-state index in [1.165, 1.54) is 0 Å². The zero-order valence-electron chi connectivity index (χ0n) is 12.8. The fraction of sp³-hybridized carbons (Fsp3) is 0.900. The molecule has 0 rings (SSSR count). The maximum absolute atomic E-state index is 12.9. The molecule has 0 saturated heterocycles. The Labute approximate surface area is 144 Å². The first-order chi connectivity index (χ1) is 11.9. The number of nitrogens with one attached hydrogen (secondary N) is 2. The molecule has 2 N–H and O–H groups in total. The number of amides is 1. The predicted molar refractivity (Wildman–Crippen MR) is 57.6 cm³/mol. The third-order valence-electron chi connectivity index (χ3n) is 3.21. The second kappa shape index (κ2) is 7.01. The molecule has 0 aliphatic rings. The Kier molecular flexibility index (Phi) is 6.61. The summed E-state index contributed by atoms with van der Waals surface area (Å²) in [5.74, 6) is -4.30. The van der Waals surface area contributed by atoms with E-state index in [2.05, 4.69) is 0 Å². The molecule has 0 saturated carbocycles. The third kappa shape index (κ3) is 3.91. The van der Waals surface area contributed by atoms with Crippen LogP contribution in [0.25, 0.3) is 0 Å². The van der Waals surface area contributed by atoms with Gasteiger partial charge >= 0.3 is 36.4 Å². The zero-order valence-corrected chi connectivity index (χ0v) is 12.8. The Morgan fingerprint density at radius 3 is 1.07 bits per heavy atom. The molecule has 0 aromatic heterocycles. The third-order valence-corrected chi connectivity index (χ3v) is 3.21. The summed E-state index contributed by atoms with van der Waals surface area (Å²) in [5.41, 5.74) is -13.6. The molecule has 0 bridgehead atoms. The lowest BCUT2D eigenvalue weighted by Crippen LogP contribution is -2.81. The maximum Gasteiger partial charge on any atom is 0.429 e. The summed E-state index contributed by atoms with van der Waals surface area (Å²) in [4.78, 5) is 11.4. The molecule has 3 nitrogen and oxygen atoms in total. The van der Waals surface area contributed by atoms with Gasteiger partial charge in [-0.15, -0.1) is 0 Å². The minimum absolute atomic E-state index is 0.289. The molecule has 0 aliphatic carbocycles. The van der Waals surface area contributed by atoms with Crippen LogP contribution in [0.5, 0.6) is 0 Å². The van der Waals surface area contributed by atoms with Crippen LogP contribution < -0.4 is 10.6 Å². The number of carbonyl (C=O) groups excluding carboxylic acids is 1. The molecule has 0 fully saturated rings. The smallest absolute Gasteiger partial charge is 0.325 e. The van der Waals surface area contributed by atoms with Gasteiger partial charge in [0.25, 0.3) is 11.4 Å². The first-order valence-corrected chi connectivity index (χ1v) is 6.35. The van der Waals surface area contributed by atoms with Crippen molar-refractivity contribution in [1.29, 1.82) is 0 Å². The minimum Gasteiger partial charge on any atom is -0.325 e. The molecular weight excluding hydrogens is 449 g/mol. The molecule has 0 heterocycles. The van der Waals surface area contributed by atoms with Crippen LogP contribution in [0.4, 0.5) is 65.9 Å². The lowest BCUT2D eigenvalue weighted by Gasteiger charge is -2.43. The fourth-order valence-electron chi connectivity index (χ4n) is 1.92. The largest absolute Gasteiger partial charge is 0.429 e. The van der Waals surface area contributed by atoms with Crippen LogP contribution >= 0.6 is 0 Å². The van der Waals surface area contributed by atoms with Crippen LogP contribution in [-0.2, 0) is 4.79 Å². The Morgan fingerprint density at radius 2 is 0.893 bits per heavy atom. The van der Waals surface area contributed by atoms with E-state index in [1.807, 2.05) is 0 Å². The molecule has 0 unspecified atom stereocenters. The van der Waals surface area contributed by atoms with Gasteiger partial charge in [0.15, 0.2) is 0 Å². The molecule has 0 aromatic carbocycles. The van der Waals surface area contributed by atoms with Crippen molar-refractivity contribution in [3.63, 3.8) is 0 Å². The van der Waals surface area contributed by atoms with Crippen molar-refractivity contribution in [3.05, 3.63) is 0 Å². The molecule has 0 radical (unpaired) electrons. The number of carbonyl (C=O) groups is 1. The van der Waals surface area contributed by atoms with E-state index in [9.17, 15) is 70.7 Å². The number of hydrogen-bond acceptors (Lipinski definition) is 2. The van der Waals surface area contributed by atoms with Gasteiger partial charge < -0.3 is 5.32 Å². The van der Waals surface area contributed by atoms with Crippen LogP contribution in [0.2, 0.25) is 0 Å². The van der Waals surface area contributed by atoms with Gasteiger partial charge in [0.05, 0.1) is 0 Å². The van der Waals surface area contributed by atoms with Crippen molar-refractivity contribution in [1.82, 2.24) is 10.6 Å². The first-order valence-electron chi connectivity index (χ1n) is 6.35. The van der Waals surface area contributed by atoms with Crippen LogP contribution in [0.3, 0.4) is 0 Å². The van der Waals surface area contributed by atoms with Gasteiger partial charge in [0, 0.05) is 0 Å². The summed E-state index contributed by atoms with van der Waals surface area (Å²) in [6, 6.07) is 0. The Balaban J connectivity index is 6.97. The molecule has 0 aromatic rings. The Hall–Kier alpha value is -1.62. The van der Waals surface area contributed by atoms with Gasteiger partial charge in [-0.1, -0.05) is 6.92 Å². The number of alkyl halides is 15. The van der Waals surface area contributed by atoms with E-state index in [4.69, 9.17) is 0 Å². The molecule has 0 aliphatic heterocycles. The molecule has 1 amide bonds. The van der Waals surface area contributed by atoms with Crippen LogP contribution in [0.15, 0.2) is 0 Å². The van der Waals surface area contributed by atoms with Crippen molar-refractivity contribution >= 4 is 5.91 Å². The van der Waals surface area contributed by atoms with Gasteiger partial charge in [-0.2, -0.15) is 65.9 Å². The van der Waals surface area contributed by atoms with Crippen LogP contribution in [-0.4, -0.2) is 54.4 Å². The normalized spacial score (nSPS) is 15.6. The summed E-state index contributed by atoms with van der Waals surface area (Å²) in [6.45, 7) is -1.12. The number of likely N-dealkylation sites (N-methyl/N-ethyl adjacent to an activating group) is 1. The lowest BCUT2D eigenvalue weighted by atomic mass is 9.91. The van der Waals surface area contributed by atoms with Crippen LogP contribution in [0.1, 0.15) is 6.92 Å². The monoisotopic (exact) mass is 456 g/mol. The highest BCUT2D eigenvalue weighted by Gasteiger charge is 2.87. The quantitative estimate of drug-likeness (QED) is 0.629. The van der Waals surface area contributed by atoms with E-state index in [1.54, 1.807) is 0 Å². The van der Waals surface area contributed by atoms with E-state index >= 15 is 0 Å². The summed E-state index contributed by atoms with van der Waals surface area (Å²) >= 11 is 0. The molecule has 0 atom stereocenters.